The fraction of sp³-hybridized carbons (Fsp3) is 0.714. The van der Waals surface area contributed by atoms with Crippen LogP contribution >= 0.6 is 24.8 Å². The SMILES string of the molecule is CC(C)(C)C1=CC[C]([Zr]([CH3])([CH3])(=[SiH2])[C]2=C(C(C)(C)C)C(C(C)(C)C)=CC2)=C1C(C)(C)C.Cl.Cl. The van der Waals surface area contributed by atoms with Gasteiger partial charge in [0.1, 0.15) is 0 Å². The van der Waals surface area contributed by atoms with Gasteiger partial charge >= 0.3 is 192 Å². The van der Waals surface area contributed by atoms with E-state index in [1.165, 1.54) is 12.8 Å². The molecule has 2 aliphatic carbocycles. The first-order valence-corrected chi connectivity index (χ1v) is 25.3. The van der Waals surface area contributed by atoms with Crippen LogP contribution in [0.25, 0.3) is 0 Å². The van der Waals surface area contributed by atoms with Crippen LogP contribution in [0.15, 0.2) is 41.0 Å². The van der Waals surface area contributed by atoms with Gasteiger partial charge in [-0.05, 0) is 0 Å². The summed E-state index contributed by atoms with van der Waals surface area (Å²) in [6.07, 6.45) is 7.53. The van der Waals surface area contributed by atoms with E-state index in [1.54, 1.807) is 22.3 Å². The van der Waals surface area contributed by atoms with E-state index in [-0.39, 0.29) is 46.5 Å². The molecular formula is C28H52Cl2SiZr. The third-order valence-corrected chi connectivity index (χ3v) is 24.0. The van der Waals surface area contributed by atoms with Crippen molar-refractivity contribution in [3.05, 3.63) is 41.0 Å². The predicted octanol–water partition coefficient (Wildman–Crippen LogP) is 9.52. The Morgan fingerprint density at radius 1 is 0.562 bits per heavy atom. The van der Waals surface area contributed by atoms with Crippen LogP contribution in [0.1, 0.15) is 95.9 Å². The number of rotatable bonds is 2. The van der Waals surface area contributed by atoms with E-state index in [2.05, 4.69) is 111 Å². The Hall–Kier alpha value is 0.640. The summed E-state index contributed by atoms with van der Waals surface area (Å²) < 4.78 is 9.18. The van der Waals surface area contributed by atoms with Gasteiger partial charge < -0.3 is 0 Å². The summed E-state index contributed by atoms with van der Waals surface area (Å²) >= 11 is -3.37. The maximum absolute atomic E-state index is 3.37. The first kappa shape index (κ1) is 32.6. The minimum atomic E-state index is -3.37. The van der Waals surface area contributed by atoms with Gasteiger partial charge in [-0.25, -0.2) is 0 Å². The zero-order chi connectivity index (χ0) is 23.7. The van der Waals surface area contributed by atoms with E-state index in [0.717, 1.165) is 0 Å². The van der Waals surface area contributed by atoms with Crippen molar-refractivity contribution in [1.29, 1.82) is 0 Å². The van der Waals surface area contributed by atoms with E-state index in [0.29, 0.717) is 0 Å². The van der Waals surface area contributed by atoms with Crippen molar-refractivity contribution < 1.29 is 17.4 Å². The average Bonchev–Trinajstić information content (AvgIpc) is 3.10. The Balaban J connectivity index is 0.00000480. The van der Waals surface area contributed by atoms with Gasteiger partial charge in [-0.1, -0.05) is 0 Å². The monoisotopic (exact) mass is 576 g/mol. The van der Waals surface area contributed by atoms with Gasteiger partial charge in [0.15, 0.2) is 0 Å². The minimum Gasteiger partial charge on any atom is -0.147 e. The summed E-state index contributed by atoms with van der Waals surface area (Å²) in [6, 6.07) is 0. The topological polar surface area (TPSA) is 0 Å². The molecule has 0 unspecified atom stereocenters. The van der Waals surface area contributed by atoms with Gasteiger partial charge in [-0.2, -0.15) is 0 Å². The normalized spacial score (nSPS) is 19.0. The molecule has 0 aromatic rings. The molecule has 32 heavy (non-hydrogen) atoms. The van der Waals surface area contributed by atoms with Crippen molar-refractivity contribution in [2.24, 2.45) is 21.7 Å². The van der Waals surface area contributed by atoms with E-state index in [1.807, 2.05) is 6.56 Å². The largest absolute Gasteiger partial charge is 0.147 e. The summed E-state index contributed by atoms with van der Waals surface area (Å²) in [5, 5.41) is 0. The van der Waals surface area contributed by atoms with Crippen molar-refractivity contribution in [2.45, 2.75) is 105 Å². The smallest absolute Gasteiger partial charge is 0.147 e. The van der Waals surface area contributed by atoms with Crippen molar-refractivity contribution in [3.8, 4) is 0 Å². The van der Waals surface area contributed by atoms with E-state index in [9.17, 15) is 0 Å². The van der Waals surface area contributed by atoms with Crippen molar-refractivity contribution in [1.82, 2.24) is 0 Å². The molecule has 2 aliphatic rings. The van der Waals surface area contributed by atoms with E-state index < -0.39 is 17.4 Å². The molecule has 4 heteroatoms. The van der Waals surface area contributed by atoms with Gasteiger partial charge in [-0.3, -0.25) is 0 Å². The van der Waals surface area contributed by atoms with Crippen LogP contribution in [0.3, 0.4) is 0 Å². The minimum absolute atomic E-state index is 0. The molecule has 0 atom stereocenters. The van der Waals surface area contributed by atoms with Crippen LogP contribution in [0.4, 0.5) is 0 Å². The molecule has 0 amide bonds. The van der Waals surface area contributed by atoms with Gasteiger partial charge in [0.05, 0.1) is 0 Å². The molecular weight excluding hydrogens is 527 g/mol. The molecule has 0 fully saturated rings. The first-order chi connectivity index (χ1) is 13.0. The van der Waals surface area contributed by atoms with Crippen molar-refractivity contribution in [3.63, 3.8) is 0 Å². The molecule has 0 radical (unpaired) electrons. The molecule has 0 N–H and O–H groups in total. The van der Waals surface area contributed by atoms with Crippen molar-refractivity contribution in [2.75, 3.05) is 0 Å². The van der Waals surface area contributed by atoms with Crippen molar-refractivity contribution >= 4 is 31.7 Å². The Bertz CT molecular complexity index is 865. The summed E-state index contributed by atoms with van der Waals surface area (Å²) in [5.41, 5.74) is 7.41. The molecule has 0 spiro atoms. The third kappa shape index (κ3) is 6.06. The molecule has 0 aromatic heterocycles. The van der Waals surface area contributed by atoms with Gasteiger partial charge in [0.25, 0.3) is 0 Å². The molecule has 2 rings (SSSR count). The maximum atomic E-state index is 2.74. The van der Waals surface area contributed by atoms with Crippen LogP contribution in [0, 0.1) is 21.7 Å². The second-order valence-electron chi connectivity index (χ2n) is 15.0. The standard InChI is InChI=1S/2C13H21.2CH3.2ClH.H2Si.Zr/c2*1-12(2,3)10-8-7-9-11(10)13(4,5)6;;;;;;/h2*8H,7H2,1-6H3;2*1H3;2*1H;1H2;. The summed E-state index contributed by atoms with van der Waals surface area (Å²) in [6.45, 7) is 31.5. The molecule has 0 nitrogen and oxygen atoms in total. The summed E-state index contributed by atoms with van der Waals surface area (Å²) in [7, 11) is 0. The zero-order valence-electron chi connectivity index (χ0n) is 23.6. The van der Waals surface area contributed by atoms with E-state index >= 15 is 0 Å². The van der Waals surface area contributed by atoms with Crippen LogP contribution in [0.2, 0.25) is 9.26 Å². The Morgan fingerprint density at radius 2 is 0.812 bits per heavy atom. The van der Waals surface area contributed by atoms with Crippen LogP contribution < -0.4 is 0 Å². The zero-order valence-corrected chi connectivity index (χ0v) is 29.1. The molecule has 0 bridgehead atoms. The Morgan fingerprint density at radius 3 is 1.00 bits per heavy atom. The molecule has 186 valence electrons. The number of hydrogen-bond acceptors (Lipinski definition) is 0. The molecule has 0 saturated carbocycles. The van der Waals surface area contributed by atoms with Gasteiger partial charge in [0.2, 0.25) is 0 Å². The predicted molar refractivity (Wildman–Crippen MR) is 152 cm³/mol. The van der Waals surface area contributed by atoms with Gasteiger partial charge in [0, 0.05) is 0 Å². The maximum Gasteiger partial charge on any atom is -0.147 e. The van der Waals surface area contributed by atoms with Gasteiger partial charge in [-0.15, -0.1) is 24.8 Å². The van der Waals surface area contributed by atoms with Crippen LogP contribution in [-0.4, -0.2) is 6.88 Å². The van der Waals surface area contributed by atoms with Crippen LogP contribution in [-0.2, 0) is 17.4 Å². The Labute approximate surface area is 215 Å². The molecule has 0 aromatic carbocycles. The number of halogens is 2. The fourth-order valence-corrected chi connectivity index (χ4v) is 20.7. The summed E-state index contributed by atoms with van der Waals surface area (Å²) in [4.78, 5) is 0. The Kier molecular flexibility index (Phi) is 9.44. The first-order valence-electron chi connectivity index (χ1n) is 12.0. The van der Waals surface area contributed by atoms with E-state index in [4.69, 9.17) is 0 Å². The number of hydrogen-bond donors (Lipinski definition) is 0. The fourth-order valence-electron chi connectivity index (χ4n) is 5.86. The second-order valence-corrected chi connectivity index (χ2v) is 43.8. The quantitative estimate of drug-likeness (QED) is 0.286. The molecule has 0 heterocycles. The molecule has 0 saturated heterocycles. The van der Waals surface area contributed by atoms with Crippen LogP contribution in [0.5, 0.6) is 0 Å². The molecule has 0 aliphatic heterocycles. The third-order valence-electron chi connectivity index (χ3n) is 7.21. The average molecular weight is 579 g/mol. The second kappa shape index (κ2) is 9.26. The number of allylic oxidation sites excluding steroid dienone is 8. The summed E-state index contributed by atoms with van der Waals surface area (Å²) in [5.74, 6) is 0.